The average molecular weight is 354 g/mol. The molecule has 0 aromatic heterocycles. The Bertz CT molecular complexity index is 454. The Morgan fingerprint density at radius 3 is 2.54 bits per heavy atom. The lowest BCUT2D eigenvalue weighted by molar-refractivity contribution is 0.00465. The third-order valence-corrected chi connectivity index (χ3v) is 4.61. The Hall–Kier alpha value is -0.993. The van der Waals surface area contributed by atoms with E-state index >= 15 is 0 Å². The van der Waals surface area contributed by atoms with Crippen molar-refractivity contribution in [1.82, 2.24) is 4.90 Å². The number of hydrogen-bond donors (Lipinski definition) is 0. The molecule has 1 atom stereocenters. The Labute approximate surface area is 149 Å². The van der Waals surface area contributed by atoms with Crippen LogP contribution in [-0.4, -0.2) is 50.5 Å². The monoisotopic (exact) mass is 353 g/mol. The summed E-state index contributed by atoms with van der Waals surface area (Å²) in [5.74, 6) is 3.22. The van der Waals surface area contributed by atoms with Gasteiger partial charge in [-0.05, 0) is 46.5 Å². The molecule has 1 rings (SSSR count). The van der Waals surface area contributed by atoms with E-state index in [0.717, 1.165) is 32.2 Å². The second kappa shape index (κ2) is 9.48. The molecule has 24 heavy (non-hydrogen) atoms. The highest BCUT2D eigenvalue weighted by Crippen LogP contribution is 2.22. The highest BCUT2D eigenvalue weighted by atomic mass is 28.3. The fourth-order valence-corrected chi connectivity index (χ4v) is 3.29. The van der Waals surface area contributed by atoms with Gasteiger partial charge in [0.15, 0.2) is 0 Å². The van der Waals surface area contributed by atoms with E-state index in [2.05, 4.69) is 31.1 Å². The highest BCUT2D eigenvalue weighted by molar-refractivity contribution is 6.83. The summed E-state index contributed by atoms with van der Waals surface area (Å²) in [6.07, 6.45) is 4.76. The van der Waals surface area contributed by atoms with E-state index in [9.17, 15) is 4.79 Å². The van der Waals surface area contributed by atoms with Crippen molar-refractivity contribution in [3.63, 3.8) is 0 Å². The lowest BCUT2D eigenvalue weighted by atomic mass is 10.0. The van der Waals surface area contributed by atoms with Gasteiger partial charge in [0.1, 0.15) is 13.7 Å². The van der Waals surface area contributed by atoms with E-state index in [1.165, 1.54) is 6.42 Å². The fourth-order valence-electron chi connectivity index (χ4n) is 2.63. The quantitative estimate of drug-likeness (QED) is 0.416. The first-order valence-corrected chi connectivity index (χ1v) is 12.7. The summed E-state index contributed by atoms with van der Waals surface area (Å²) < 4.78 is 11.2. The minimum absolute atomic E-state index is 0.187. The van der Waals surface area contributed by atoms with Crippen LogP contribution >= 0.6 is 0 Å². The van der Waals surface area contributed by atoms with E-state index in [0.29, 0.717) is 13.2 Å². The van der Waals surface area contributed by atoms with Crippen LogP contribution in [-0.2, 0) is 9.47 Å². The average Bonchev–Trinajstić information content (AvgIpc) is 2.43. The molecule has 1 amide bonds. The van der Waals surface area contributed by atoms with Gasteiger partial charge >= 0.3 is 6.09 Å². The SMILES string of the molecule is CC(C)(C)OC(=O)N1CCCCC1CCOCCC#C[Si](C)(C)C. The topological polar surface area (TPSA) is 38.8 Å². The van der Waals surface area contributed by atoms with Gasteiger partial charge in [0.25, 0.3) is 0 Å². The molecule has 0 bridgehead atoms. The number of piperidine rings is 1. The molecule has 0 aromatic carbocycles. The molecule has 1 aliphatic rings. The molecule has 1 unspecified atom stereocenters. The van der Waals surface area contributed by atoms with Gasteiger partial charge in [-0.25, -0.2) is 4.79 Å². The maximum Gasteiger partial charge on any atom is 0.410 e. The molecule has 1 heterocycles. The Kier molecular flexibility index (Phi) is 8.31. The van der Waals surface area contributed by atoms with E-state index < -0.39 is 13.7 Å². The number of carbonyl (C=O) groups is 1. The van der Waals surface area contributed by atoms with Crippen molar-refractivity contribution in [2.45, 2.75) is 84.2 Å². The maximum atomic E-state index is 12.3. The second-order valence-corrected chi connectivity index (χ2v) is 13.3. The second-order valence-electron chi connectivity index (χ2n) is 8.53. The molecule has 1 aliphatic heterocycles. The highest BCUT2D eigenvalue weighted by Gasteiger charge is 2.30. The summed E-state index contributed by atoms with van der Waals surface area (Å²) in [4.78, 5) is 14.2. The number of hydrogen-bond acceptors (Lipinski definition) is 3. The first-order valence-electron chi connectivity index (χ1n) is 9.16. The van der Waals surface area contributed by atoms with Gasteiger partial charge in [-0.2, -0.15) is 0 Å². The van der Waals surface area contributed by atoms with Crippen molar-refractivity contribution >= 4 is 14.2 Å². The van der Waals surface area contributed by atoms with Gasteiger partial charge in [0, 0.05) is 25.6 Å². The van der Waals surface area contributed by atoms with Crippen LogP contribution in [0.1, 0.15) is 52.9 Å². The summed E-state index contributed by atoms with van der Waals surface area (Å²) in [5.41, 5.74) is 2.91. The van der Waals surface area contributed by atoms with Gasteiger partial charge in [0.05, 0.1) is 6.61 Å². The summed E-state index contributed by atoms with van der Waals surface area (Å²) in [5, 5.41) is 0. The molecule has 5 heteroatoms. The van der Waals surface area contributed by atoms with Crippen molar-refractivity contribution in [3.8, 4) is 11.5 Å². The zero-order chi connectivity index (χ0) is 18.2. The van der Waals surface area contributed by atoms with Crippen LogP contribution in [0.25, 0.3) is 0 Å². The number of amides is 1. The van der Waals surface area contributed by atoms with Crippen molar-refractivity contribution in [1.29, 1.82) is 0 Å². The Balaban J connectivity index is 2.33. The summed E-state index contributed by atoms with van der Waals surface area (Å²) in [6, 6.07) is 0.238. The van der Waals surface area contributed by atoms with Crippen molar-refractivity contribution < 1.29 is 14.3 Å². The predicted octanol–water partition coefficient (Wildman–Crippen LogP) is 4.45. The van der Waals surface area contributed by atoms with E-state index in [4.69, 9.17) is 9.47 Å². The lowest BCUT2D eigenvalue weighted by Crippen LogP contribution is -2.46. The molecular weight excluding hydrogens is 318 g/mol. The molecule has 0 aliphatic carbocycles. The predicted molar refractivity (Wildman–Crippen MR) is 102 cm³/mol. The number of ether oxygens (including phenoxy) is 2. The number of nitrogens with zero attached hydrogens (tertiary/aromatic N) is 1. The van der Waals surface area contributed by atoms with Crippen LogP contribution < -0.4 is 0 Å². The molecule has 0 spiro atoms. The van der Waals surface area contributed by atoms with Crippen LogP contribution in [0.2, 0.25) is 19.6 Å². The summed E-state index contributed by atoms with van der Waals surface area (Å²) in [6.45, 7) is 14.6. The van der Waals surface area contributed by atoms with E-state index in [1.54, 1.807) is 0 Å². The first kappa shape index (κ1) is 21.1. The third-order valence-electron chi connectivity index (χ3n) is 3.69. The molecule has 0 aromatic rings. The number of rotatable bonds is 5. The Morgan fingerprint density at radius 2 is 1.92 bits per heavy atom. The number of carbonyl (C=O) groups excluding carboxylic acids is 1. The van der Waals surface area contributed by atoms with Gasteiger partial charge in [-0.1, -0.05) is 19.6 Å². The molecule has 0 N–H and O–H groups in total. The standard InChI is InChI=1S/C19H35NO3Si/c1-19(2,3)23-18(21)20-13-8-7-11-17(20)12-15-22-14-9-10-16-24(4,5)6/h17H,7-9,11-15H2,1-6H3. The van der Waals surface area contributed by atoms with Crippen LogP contribution in [0.3, 0.4) is 0 Å². The van der Waals surface area contributed by atoms with E-state index in [1.807, 2.05) is 25.7 Å². The maximum absolute atomic E-state index is 12.3. The molecular formula is C19H35NO3Si. The largest absolute Gasteiger partial charge is 0.444 e. The molecule has 4 nitrogen and oxygen atoms in total. The summed E-state index contributed by atoms with van der Waals surface area (Å²) in [7, 11) is -1.27. The molecule has 1 saturated heterocycles. The van der Waals surface area contributed by atoms with E-state index in [-0.39, 0.29) is 12.1 Å². The van der Waals surface area contributed by atoms with Gasteiger partial charge in [0.2, 0.25) is 0 Å². The fraction of sp³-hybridized carbons (Fsp3) is 0.842. The number of likely N-dealkylation sites (tertiary alicyclic amines) is 1. The third kappa shape index (κ3) is 9.34. The van der Waals surface area contributed by atoms with Crippen LogP contribution in [0, 0.1) is 11.5 Å². The van der Waals surface area contributed by atoms with Gasteiger partial charge in [-0.15, -0.1) is 11.5 Å². The molecule has 0 saturated carbocycles. The van der Waals surface area contributed by atoms with Crippen LogP contribution in [0.4, 0.5) is 4.79 Å². The zero-order valence-corrected chi connectivity index (χ0v) is 17.4. The zero-order valence-electron chi connectivity index (χ0n) is 16.4. The Morgan fingerprint density at radius 1 is 1.21 bits per heavy atom. The normalized spacial score (nSPS) is 18.8. The van der Waals surface area contributed by atoms with Crippen molar-refractivity contribution in [3.05, 3.63) is 0 Å². The van der Waals surface area contributed by atoms with Crippen molar-refractivity contribution in [2.75, 3.05) is 19.8 Å². The smallest absolute Gasteiger partial charge is 0.410 e. The van der Waals surface area contributed by atoms with Crippen LogP contribution in [0.15, 0.2) is 0 Å². The van der Waals surface area contributed by atoms with Crippen molar-refractivity contribution in [2.24, 2.45) is 0 Å². The van der Waals surface area contributed by atoms with Crippen LogP contribution in [0.5, 0.6) is 0 Å². The lowest BCUT2D eigenvalue weighted by Gasteiger charge is -2.36. The van der Waals surface area contributed by atoms with Gasteiger partial charge in [-0.3, -0.25) is 0 Å². The molecule has 138 valence electrons. The summed E-state index contributed by atoms with van der Waals surface area (Å²) >= 11 is 0. The van der Waals surface area contributed by atoms with Gasteiger partial charge < -0.3 is 14.4 Å². The minimum atomic E-state index is -1.27. The minimum Gasteiger partial charge on any atom is -0.444 e. The molecule has 0 radical (unpaired) electrons. The molecule has 1 fully saturated rings. The first-order chi connectivity index (χ1) is 11.1.